The summed E-state index contributed by atoms with van der Waals surface area (Å²) in [5.74, 6) is -1.60. The molecule has 3 N–H and O–H groups in total. The summed E-state index contributed by atoms with van der Waals surface area (Å²) >= 11 is 0. The lowest BCUT2D eigenvalue weighted by atomic mass is 10.0. The number of carbonyl (C=O) groups excluding carboxylic acids is 1. The van der Waals surface area contributed by atoms with Crippen LogP contribution in [0, 0.1) is 0 Å². The molecule has 0 saturated heterocycles. The average molecular weight is 272 g/mol. The summed E-state index contributed by atoms with van der Waals surface area (Å²) in [6.07, 6.45) is 1.48. The highest BCUT2D eigenvalue weighted by Crippen LogP contribution is 2.22. The molecule has 2 aromatic rings. The predicted octanol–water partition coefficient (Wildman–Crippen LogP) is 1.82. The Bertz CT molecular complexity index is 665. The first kappa shape index (κ1) is 13.5. The van der Waals surface area contributed by atoms with E-state index in [1.54, 1.807) is 24.3 Å². The van der Waals surface area contributed by atoms with Crippen molar-refractivity contribution in [3.05, 3.63) is 47.7 Å². The molecule has 0 bridgehead atoms. The van der Waals surface area contributed by atoms with Crippen LogP contribution in [0.1, 0.15) is 20.7 Å². The van der Waals surface area contributed by atoms with Crippen molar-refractivity contribution in [3.63, 3.8) is 0 Å². The lowest BCUT2D eigenvalue weighted by Gasteiger charge is -2.06. The molecule has 0 aliphatic carbocycles. The Labute approximate surface area is 114 Å². The number of carbonyl (C=O) groups is 2. The van der Waals surface area contributed by atoms with E-state index in [1.807, 2.05) is 0 Å². The van der Waals surface area contributed by atoms with Crippen LogP contribution >= 0.6 is 0 Å². The normalized spacial score (nSPS) is 10.1. The number of esters is 1. The van der Waals surface area contributed by atoms with Crippen molar-refractivity contribution in [1.82, 2.24) is 4.98 Å². The van der Waals surface area contributed by atoms with Gasteiger partial charge in [0.05, 0.1) is 12.7 Å². The molecule has 0 atom stereocenters. The third-order valence-electron chi connectivity index (χ3n) is 2.79. The van der Waals surface area contributed by atoms with E-state index < -0.39 is 11.9 Å². The molecular weight excluding hydrogens is 260 g/mol. The number of aromatic carboxylic acids is 1. The lowest BCUT2D eigenvalue weighted by Crippen LogP contribution is -2.04. The van der Waals surface area contributed by atoms with Gasteiger partial charge >= 0.3 is 11.9 Å². The molecule has 2 rings (SSSR count). The number of nitrogens with two attached hydrogens (primary N) is 1. The molecule has 1 aromatic carbocycles. The Hall–Kier alpha value is -2.89. The Morgan fingerprint density at radius 3 is 2.40 bits per heavy atom. The molecule has 0 aliphatic rings. The summed E-state index contributed by atoms with van der Waals surface area (Å²) in [7, 11) is 1.30. The zero-order valence-corrected chi connectivity index (χ0v) is 10.7. The van der Waals surface area contributed by atoms with E-state index in [0.29, 0.717) is 11.1 Å². The number of carboxylic acids is 1. The van der Waals surface area contributed by atoms with E-state index in [0.717, 1.165) is 5.56 Å². The monoisotopic (exact) mass is 272 g/mol. The van der Waals surface area contributed by atoms with Gasteiger partial charge in [-0.3, -0.25) is 0 Å². The van der Waals surface area contributed by atoms with E-state index in [1.165, 1.54) is 19.4 Å². The topological polar surface area (TPSA) is 103 Å². The number of hydrogen-bond donors (Lipinski definition) is 2. The molecule has 0 fully saturated rings. The fourth-order valence-electron chi connectivity index (χ4n) is 1.72. The number of nitrogen functional groups attached to an aromatic ring is 1. The van der Waals surface area contributed by atoms with Crippen molar-refractivity contribution in [3.8, 4) is 11.1 Å². The number of carboxylic acid groups (broad SMARTS) is 1. The minimum absolute atomic E-state index is 0.0348. The Balaban J connectivity index is 2.39. The molecule has 0 radical (unpaired) electrons. The molecule has 6 nitrogen and oxygen atoms in total. The van der Waals surface area contributed by atoms with Crippen molar-refractivity contribution in [1.29, 1.82) is 0 Å². The molecule has 1 aromatic heterocycles. The number of anilines is 1. The van der Waals surface area contributed by atoms with Crippen molar-refractivity contribution in [2.24, 2.45) is 0 Å². The summed E-state index contributed by atoms with van der Waals surface area (Å²) in [4.78, 5) is 26.2. The van der Waals surface area contributed by atoms with Crippen LogP contribution < -0.4 is 5.73 Å². The number of methoxy groups -OCH3 is 1. The van der Waals surface area contributed by atoms with Crippen LogP contribution in [0.25, 0.3) is 11.1 Å². The lowest BCUT2D eigenvalue weighted by molar-refractivity contribution is 0.0600. The maximum Gasteiger partial charge on any atom is 0.339 e. The van der Waals surface area contributed by atoms with Gasteiger partial charge in [-0.2, -0.15) is 0 Å². The maximum absolute atomic E-state index is 11.3. The third kappa shape index (κ3) is 2.59. The number of pyridine rings is 1. The van der Waals surface area contributed by atoms with Crippen LogP contribution in [0.4, 0.5) is 5.82 Å². The predicted molar refractivity (Wildman–Crippen MR) is 72.4 cm³/mol. The second-order valence-corrected chi connectivity index (χ2v) is 4.03. The molecular formula is C14H12N2O4. The van der Waals surface area contributed by atoms with E-state index in [9.17, 15) is 9.59 Å². The van der Waals surface area contributed by atoms with Gasteiger partial charge in [-0.15, -0.1) is 0 Å². The van der Waals surface area contributed by atoms with E-state index in [-0.39, 0.29) is 11.4 Å². The van der Waals surface area contributed by atoms with E-state index >= 15 is 0 Å². The Morgan fingerprint density at radius 2 is 1.85 bits per heavy atom. The summed E-state index contributed by atoms with van der Waals surface area (Å²) in [6.45, 7) is 0. The van der Waals surface area contributed by atoms with Crippen molar-refractivity contribution in [2.75, 3.05) is 12.8 Å². The van der Waals surface area contributed by atoms with Gasteiger partial charge in [0.15, 0.2) is 0 Å². The molecule has 0 spiro atoms. The fourth-order valence-corrected chi connectivity index (χ4v) is 1.72. The Morgan fingerprint density at radius 1 is 1.20 bits per heavy atom. The number of aromatic nitrogens is 1. The third-order valence-corrected chi connectivity index (χ3v) is 2.79. The molecule has 102 valence electrons. The van der Waals surface area contributed by atoms with Gasteiger partial charge in [0.2, 0.25) is 0 Å². The summed E-state index contributed by atoms with van der Waals surface area (Å²) in [5.41, 5.74) is 7.19. The zero-order chi connectivity index (χ0) is 14.7. The zero-order valence-electron chi connectivity index (χ0n) is 10.7. The van der Waals surface area contributed by atoms with Gasteiger partial charge in [-0.05, 0) is 23.8 Å². The summed E-state index contributed by atoms with van der Waals surface area (Å²) in [6, 6.07) is 8.00. The summed E-state index contributed by atoms with van der Waals surface area (Å²) in [5, 5.41) is 9.00. The van der Waals surface area contributed by atoms with Gasteiger partial charge in [-0.1, -0.05) is 12.1 Å². The van der Waals surface area contributed by atoms with Crippen LogP contribution in [0.5, 0.6) is 0 Å². The molecule has 0 aliphatic heterocycles. The van der Waals surface area contributed by atoms with Crippen molar-refractivity contribution in [2.45, 2.75) is 0 Å². The summed E-state index contributed by atoms with van der Waals surface area (Å²) < 4.78 is 4.60. The largest absolute Gasteiger partial charge is 0.478 e. The molecule has 0 saturated carbocycles. The van der Waals surface area contributed by atoms with Crippen LogP contribution in [0.3, 0.4) is 0 Å². The Kier molecular flexibility index (Phi) is 3.65. The maximum atomic E-state index is 11.3. The van der Waals surface area contributed by atoms with Gasteiger partial charge < -0.3 is 15.6 Å². The molecule has 1 heterocycles. The first-order chi connectivity index (χ1) is 9.52. The first-order valence-corrected chi connectivity index (χ1v) is 5.70. The minimum Gasteiger partial charge on any atom is -0.478 e. The SMILES string of the molecule is COC(=O)c1ccc(-c2cnc(N)c(C(=O)O)c2)cc1. The highest BCUT2D eigenvalue weighted by Gasteiger charge is 2.11. The van der Waals surface area contributed by atoms with Crippen LogP contribution in [-0.2, 0) is 4.74 Å². The van der Waals surface area contributed by atoms with Crippen LogP contribution in [0.2, 0.25) is 0 Å². The van der Waals surface area contributed by atoms with Crippen molar-refractivity contribution < 1.29 is 19.4 Å². The number of benzene rings is 1. The smallest absolute Gasteiger partial charge is 0.339 e. The number of nitrogens with zero attached hydrogens (tertiary/aromatic N) is 1. The van der Waals surface area contributed by atoms with E-state index in [4.69, 9.17) is 10.8 Å². The standard InChI is InChI=1S/C14H12N2O4/c1-20-14(19)9-4-2-8(3-5-9)10-6-11(13(17)18)12(15)16-7-10/h2-7H,1H3,(H2,15,16)(H,17,18). The van der Waals surface area contributed by atoms with Gasteiger partial charge in [0.1, 0.15) is 11.4 Å². The molecule has 6 heteroatoms. The highest BCUT2D eigenvalue weighted by molar-refractivity contribution is 5.94. The fraction of sp³-hybridized carbons (Fsp3) is 0.0714. The average Bonchev–Trinajstić information content (AvgIpc) is 2.47. The quantitative estimate of drug-likeness (QED) is 0.826. The first-order valence-electron chi connectivity index (χ1n) is 5.70. The molecule has 0 amide bonds. The second-order valence-electron chi connectivity index (χ2n) is 4.03. The van der Waals surface area contributed by atoms with Crippen molar-refractivity contribution >= 4 is 17.8 Å². The molecule has 0 unspecified atom stereocenters. The minimum atomic E-state index is -1.14. The second kappa shape index (κ2) is 5.40. The van der Waals surface area contributed by atoms with Crippen LogP contribution in [-0.4, -0.2) is 29.1 Å². The number of rotatable bonds is 3. The van der Waals surface area contributed by atoms with E-state index in [2.05, 4.69) is 9.72 Å². The van der Waals surface area contributed by atoms with Gasteiger partial charge in [0.25, 0.3) is 0 Å². The number of hydrogen-bond acceptors (Lipinski definition) is 5. The highest BCUT2D eigenvalue weighted by atomic mass is 16.5. The number of ether oxygens (including phenoxy) is 1. The van der Waals surface area contributed by atoms with Gasteiger partial charge in [-0.25, -0.2) is 14.6 Å². The van der Waals surface area contributed by atoms with Gasteiger partial charge in [0, 0.05) is 11.8 Å². The van der Waals surface area contributed by atoms with Crippen LogP contribution in [0.15, 0.2) is 36.5 Å². The molecule has 20 heavy (non-hydrogen) atoms.